The van der Waals surface area contributed by atoms with Gasteiger partial charge in [-0.15, -0.1) is 10.2 Å². The largest absolute Gasteiger partial charge is 0.241 e. The summed E-state index contributed by atoms with van der Waals surface area (Å²) >= 11 is 7.60. The van der Waals surface area contributed by atoms with Crippen molar-refractivity contribution < 1.29 is 0 Å². The van der Waals surface area contributed by atoms with Crippen molar-refractivity contribution in [3.05, 3.63) is 28.0 Å². The third-order valence-electron chi connectivity index (χ3n) is 2.63. The van der Waals surface area contributed by atoms with Gasteiger partial charge in [0.15, 0.2) is 0 Å². The molecule has 0 unspecified atom stereocenters. The van der Waals surface area contributed by atoms with Crippen LogP contribution in [0, 0.1) is 6.92 Å². The minimum absolute atomic E-state index is 0.507. The van der Waals surface area contributed by atoms with E-state index in [4.69, 9.17) is 11.6 Å². The van der Waals surface area contributed by atoms with Crippen molar-refractivity contribution in [3.63, 3.8) is 0 Å². The molecule has 0 saturated carbocycles. The summed E-state index contributed by atoms with van der Waals surface area (Å²) in [6, 6.07) is 3.83. The van der Waals surface area contributed by atoms with Crippen molar-refractivity contribution in [2.75, 3.05) is 0 Å². The Morgan fingerprint density at radius 3 is 2.78 bits per heavy atom. The van der Waals surface area contributed by atoms with Crippen LogP contribution in [0.3, 0.4) is 0 Å². The van der Waals surface area contributed by atoms with Gasteiger partial charge in [0, 0.05) is 17.7 Å². The Bertz CT molecular complexity index is 504. The molecule has 2 heterocycles. The first kappa shape index (κ1) is 13.4. The molecule has 2 aromatic rings. The van der Waals surface area contributed by atoms with Crippen LogP contribution in [0.4, 0.5) is 0 Å². The molecule has 0 aromatic carbocycles. The van der Waals surface area contributed by atoms with Crippen LogP contribution in [0.2, 0.25) is 5.15 Å². The number of rotatable bonds is 5. The number of hydrogen-bond acceptors (Lipinski definition) is 4. The fourth-order valence-corrected chi connectivity index (χ4v) is 2.87. The Morgan fingerprint density at radius 1 is 1.22 bits per heavy atom. The monoisotopic (exact) mass is 281 g/mol. The van der Waals surface area contributed by atoms with Crippen LogP contribution in [0.5, 0.6) is 0 Å². The van der Waals surface area contributed by atoms with Crippen LogP contribution in [-0.4, -0.2) is 15.2 Å². The first-order chi connectivity index (χ1) is 8.69. The van der Waals surface area contributed by atoms with E-state index in [1.165, 1.54) is 19.3 Å². The van der Waals surface area contributed by atoms with Gasteiger partial charge in [0.2, 0.25) is 0 Å². The van der Waals surface area contributed by atoms with E-state index in [2.05, 4.69) is 22.1 Å². The van der Waals surface area contributed by atoms with E-state index in [1.807, 2.05) is 19.1 Å². The first-order valence-electron chi connectivity index (χ1n) is 6.16. The number of aryl methyl sites for hydroxylation is 2. The van der Waals surface area contributed by atoms with E-state index in [0.29, 0.717) is 5.15 Å². The van der Waals surface area contributed by atoms with Gasteiger partial charge < -0.3 is 0 Å². The molecule has 0 spiro atoms. The summed E-state index contributed by atoms with van der Waals surface area (Å²) in [5.41, 5.74) is 1.91. The molecule has 3 nitrogen and oxygen atoms in total. The van der Waals surface area contributed by atoms with Crippen molar-refractivity contribution in [1.82, 2.24) is 15.2 Å². The van der Waals surface area contributed by atoms with Gasteiger partial charge in [-0.05, 0) is 25.5 Å². The lowest BCUT2D eigenvalue weighted by Crippen LogP contribution is -1.85. The highest BCUT2D eigenvalue weighted by atomic mass is 35.5. The summed E-state index contributed by atoms with van der Waals surface area (Å²) < 4.78 is 0. The SMILES string of the molecule is CCCCCc1nnc(-c2cc(C)nc(Cl)c2)s1. The predicted octanol–water partition coefficient (Wildman–Crippen LogP) is 4.29. The molecule has 0 radical (unpaired) electrons. The summed E-state index contributed by atoms with van der Waals surface area (Å²) in [6.45, 7) is 4.13. The van der Waals surface area contributed by atoms with Gasteiger partial charge >= 0.3 is 0 Å². The zero-order valence-electron chi connectivity index (χ0n) is 10.6. The smallest absolute Gasteiger partial charge is 0.147 e. The maximum atomic E-state index is 5.95. The molecule has 0 aliphatic carbocycles. The third-order valence-corrected chi connectivity index (χ3v) is 3.86. The molecule has 96 valence electrons. The fourth-order valence-electron chi connectivity index (χ4n) is 1.75. The minimum atomic E-state index is 0.507. The molecule has 0 saturated heterocycles. The van der Waals surface area contributed by atoms with Crippen LogP contribution in [0.1, 0.15) is 36.9 Å². The highest BCUT2D eigenvalue weighted by Gasteiger charge is 2.08. The Balaban J connectivity index is 2.13. The van der Waals surface area contributed by atoms with E-state index in [0.717, 1.165) is 27.7 Å². The number of aromatic nitrogens is 3. The fraction of sp³-hybridized carbons (Fsp3) is 0.462. The summed E-state index contributed by atoms with van der Waals surface area (Å²) in [5.74, 6) is 0. The molecule has 0 atom stereocenters. The van der Waals surface area contributed by atoms with E-state index in [9.17, 15) is 0 Å². The van der Waals surface area contributed by atoms with E-state index in [-0.39, 0.29) is 0 Å². The molecule has 5 heteroatoms. The van der Waals surface area contributed by atoms with Crippen molar-refractivity contribution in [2.45, 2.75) is 39.5 Å². The Hall–Kier alpha value is -1.000. The first-order valence-corrected chi connectivity index (χ1v) is 7.35. The molecular formula is C13H16ClN3S. The molecule has 0 aliphatic rings. The van der Waals surface area contributed by atoms with Gasteiger partial charge in [-0.3, -0.25) is 0 Å². The lowest BCUT2D eigenvalue weighted by Gasteiger charge is -1.98. The van der Waals surface area contributed by atoms with E-state index < -0.39 is 0 Å². The molecule has 2 rings (SSSR count). The normalized spacial score (nSPS) is 10.8. The average molecular weight is 282 g/mol. The highest BCUT2D eigenvalue weighted by molar-refractivity contribution is 7.14. The second kappa shape index (κ2) is 6.25. The number of nitrogens with zero attached hydrogens (tertiary/aromatic N) is 3. The summed E-state index contributed by atoms with van der Waals surface area (Å²) in [7, 11) is 0. The van der Waals surface area contributed by atoms with Gasteiger partial charge in [0.05, 0.1) is 0 Å². The lowest BCUT2D eigenvalue weighted by atomic mass is 10.2. The summed E-state index contributed by atoms with van der Waals surface area (Å²) in [4.78, 5) is 4.15. The second-order valence-electron chi connectivity index (χ2n) is 4.28. The van der Waals surface area contributed by atoms with Gasteiger partial charge in [-0.25, -0.2) is 4.98 Å². The zero-order valence-corrected chi connectivity index (χ0v) is 12.2. The van der Waals surface area contributed by atoms with Crippen molar-refractivity contribution in [3.8, 4) is 10.6 Å². The van der Waals surface area contributed by atoms with Crippen LogP contribution >= 0.6 is 22.9 Å². The van der Waals surface area contributed by atoms with Crippen LogP contribution in [0.15, 0.2) is 12.1 Å². The summed E-state index contributed by atoms with van der Waals surface area (Å²) in [6.07, 6.45) is 4.67. The van der Waals surface area contributed by atoms with Crippen molar-refractivity contribution >= 4 is 22.9 Å². The van der Waals surface area contributed by atoms with Crippen molar-refractivity contribution in [1.29, 1.82) is 0 Å². The van der Waals surface area contributed by atoms with Gasteiger partial charge in [0.25, 0.3) is 0 Å². The lowest BCUT2D eigenvalue weighted by molar-refractivity contribution is 0.710. The molecule has 0 fully saturated rings. The molecule has 18 heavy (non-hydrogen) atoms. The third kappa shape index (κ3) is 3.50. The quantitative estimate of drug-likeness (QED) is 0.606. The molecule has 2 aromatic heterocycles. The predicted molar refractivity (Wildman–Crippen MR) is 76.1 cm³/mol. The highest BCUT2D eigenvalue weighted by Crippen LogP contribution is 2.26. The summed E-state index contributed by atoms with van der Waals surface area (Å²) in [5, 5.41) is 11.0. The maximum Gasteiger partial charge on any atom is 0.147 e. The number of unbranched alkanes of at least 4 members (excludes halogenated alkanes) is 2. The molecule has 0 aliphatic heterocycles. The molecule has 0 bridgehead atoms. The topological polar surface area (TPSA) is 38.7 Å². The number of hydrogen-bond donors (Lipinski definition) is 0. The average Bonchev–Trinajstić information content (AvgIpc) is 2.77. The van der Waals surface area contributed by atoms with Gasteiger partial charge in [-0.1, -0.05) is 42.7 Å². The molecular weight excluding hydrogens is 266 g/mol. The standard InChI is InChI=1S/C13H16ClN3S/c1-3-4-5-6-12-16-17-13(18-12)10-7-9(2)15-11(14)8-10/h7-8H,3-6H2,1-2H3. The maximum absolute atomic E-state index is 5.95. The second-order valence-corrected chi connectivity index (χ2v) is 5.73. The van der Waals surface area contributed by atoms with E-state index in [1.54, 1.807) is 11.3 Å². The van der Waals surface area contributed by atoms with Gasteiger partial charge in [0.1, 0.15) is 15.2 Å². The molecule has 0 amide bonds. The van der Waals surface area contributed by atoms with Crippen LogP contribution < -0.4 is 0 Å². The van der Waals surface area contributed by atoms with Crippen LogP contribution in [-0.2, 0) is 6.42 Å². The number of halogens is 1. The zero-order chi connectivity index (χ0) is 13.0. The Morgan fingerprint density at radius 2 is 2.06 bits per heavy atom. The van der Waals surface area contributed by atoms with Crippen LogP contribution in [0.25, 0.3) is 10.6 Å². The number of pyridine rings is 1. The van der Waals surface area contributed by atoms with Crippen molar-refractivity contribution in [2.24, 2.45) is 0 Å². The van der Waals surface area contributed by atoms with Gasteiger partial charge in [-0.2, -0.15) is 0 Å². The molecule has 0 N–H and O–H groups in total. The Labute approximate surface area is 116 Å². The van der Waals surface area contributed by atoms with E-state index >= 15 is 0 Å². The minimum Gasteiger partial charge on any atom is -0.241 e. The Kier molecular flexibility index (Phi) is 4.66.